The molecule has 7 heteroatoms. The Morgan fingerprint density at radius 2 is 2.35 bits per heavy atom. The number of carbonyl (C=O) groups is 1. The molecule has 1 atom stereocenters. The predicted molar refractivity (Wildman–Crippen MR) is 65.1 cm³/mol. The lowest BCUT2D eigenvalue weighted by Gasteiger charge is -2.07. The van der Waals surface area contributed by atoms with E-state index in [1.807, 2.05) is 6.92 Å². The lowest BCUT2D eigenvalue weighted by molar-refractivity contribution is -0.116. The number of anilines is 1. The zero-order valence-corrected chi connectivity index (χ0v) is 10.5. The Bertz CT molecular complexity index is 398. The van der Waals surface area contributed by atoms with Gasteiger partial charge in [-0.05, 0) is 13.3 Å². The summed E-state index contributed by atoms with van der Waals surface area (Å²) >= 11 is 5.74. The van der Waals surface area contributed by atoms with Crippen molar-refractivity contribution in [3.63, 3.8) is 0 Å². The van der Waals surface area contributed by atoms with Crippen molar-refractivity contribution in [3.05, 3.63) is 11.2 Å². The van der Waals surface area contributed by atoms with E-state index in [-0.39, 0.29) is 23.1 Å². The number of hydrogen-bond acceptors (Lipinski definition) is 5. The van der Waals surface area contributed by atoms with Crippen LogP contribution in [0.2, 0.25) is 5.15 Å². The summed E-state index contributed by atoms with van der Waals surface area (Å²) in [7, 11) is 1.46. The molecule has 0 radical (unpaired) electrons. The fourth-order valence-electron chi connectivity index (χ4n) is 1.10. The Labute approximate surface area is 105 Å². The summed E-state index contributed by atoms with van der Waals surface area (Å²) in [5.41, 5.74) is 5.55. The van der Waals surface area contributed by atoms with Crippen LogP contribution in [0.25, 0.3) is 0 Å². The highest BCUT2D eigenvalue weighted by molar-refractivity contribution is 6.29. The molecule has 3 N–H and O–H groups in total. The molecule has 0 aromatic carbocycles. The van der Waals surface area contributed by atoms with Crippen LogP contribution in [0, 0.1) is 0 Å². The molecule has 1 rings (SSSR count). The molecule has 1 amide bonds. The first-order valence-corrected chi connectivity index (χ1v) is 5.53. The molecule has 94 valence electrons. The van der Waals surface area contributed by atoms with Gasteiger partial charge in [-0.25, -0.2) is 4.98 Å². The Morgan fingerprint density at radius 3 is 2.94 bits per heavy atom. The van der Waals surface area contributed by atoms with Gasteiger partial charge in [0.2, 0.25) is 17.7 Å². The van der Waals surface area contributed by atoms with E-state index in [2.05, 4.69) is 15.3 Å². The molecule has 0 aliphatic carbocycles. The lowest BCUT2D eigenvalue weighted by atomic mass is 10.2. The number of halogens is 1. The van der Waals surface area contributed by atoms with Crippen LogP contribution in [0.4, 0.5) is 5.95 Å². The molecular weight excluding hydrogens is 244 g/mol. The van der Waals surface area contributed by atoms with Gasteiger partial charge in [0.1, 0.15) is 5.15 Å². The van der Waals surface area contributed by atoms with Crippen LogP contribution in [0.15, 0.2) is 6.07 Å². The number of nitrogens with zero attached hydrogens (tertiary/aromatic N) is 2. The van der Waals surface area contributed by atoms with Crippen LogP contribution >= 0.6 is 11.6 Å². The van der Waals surface area contributed by atoms with Crippen molar-refractivity contribution < 1.29 is 9.53 Å². The van der Waals surface area contributed by atoms with Crippen LogP contribution < -0.4 is 15.8 Å². The molecule has 0 aliphatic rings. The van der Waals surface area contributed by atoms with E-state index in [1.54, 1.807) is 0 Å². The van der Waals surface area contributed by atoms with E-state index in [9.17, 15) is 4.79 Å². The average Bonchev–Trinajstić information content (AvgIpc) is 2.25. The van der Waals surface area contributed by atoms with E-state index < -0.39 is 0 Å². The third-order valence-electron chi connectivity index (χ3n) is 1.96. The standard InChI is InChI=1S/C10H15ClN4O2/c1-6(12)3-4-8(16)14-10-13-7(11)5-9(15-10)17-2/h5-6H,3-4,12H2,1-2H3,(H,13,14,15,16). The Balaban J connectivity index is 2.61. The topological polar surface area (TPSA) is 90.1 Å². The van der Waals surface area contributed by atoms with Crippen LogP contribution in [-0.4, -0.2) is 29.0 Å². The first kappa shape index (κ1) is 13.7. The molecule has 6 nitrogen and oxygen atoms in total. The highest BCUT2D eigenvalue weighted by Gasteiger charge is 2.08. The molecule has 1 heterocycles. The zero-order valence-electron chi connectivity index (χ0n) is 9.74. The third-order valence-corrected chi connectivity index (χ3v) is 2.15. The molecule has 0 fully saturated rings. The first-order chi connectivity index (χ1) is 8.01. The second kappa shape index (κ2) is 6.36. The monoisotopic (exact) mass is 258 g/mol. The van der Waals surface area contributed by atoms with Gasteiger partial charge in [-0.15, -0.1) is 0 Å². The molecule has 0 saturated heterocycles. The number of amides is 1. The Morgan fingerprint density at radius 1 is 1.65 bits per heavy atom. The van der Waals surface area contributed by atoms with E-state index >= 15 is 0 Å². The van der Waals surface area contributed by atoms with Gasteiger partial charge in [0.05, 0.1) is 7.11 Å². The Hall–Kier alpha value is -1.40. The predicted octanol–water partition coefficient (Wildman–Crippen LogP) is 1.20. The van der Waals surface area contributed by atoms with Crippen LogP contribution in [-0.2, 0) is 4.79 Å². The highest BCUT2D eigenvalue weighted by atomic mass is 35.5. The molecule has 17 heavy (non-hydrogen) atoms. The number of methoxy groups -OCH3 is 1. The Kier molecular flexibility index (Phi) is 5.11. The number of hydrogen-bond donors (Lipinski definition) is 2. The number of nitrogens with two attached hydrogens (primary N) is 1. The van der Waals surface area contributed by atoms with Gasteiger partial charge >= 0.3 is 0 Å². The van der Waals surface area contributed by atoms with Crippen molar-refractivity contribution in [1.82, 2.24) is 9.97 Å². The minimum atomic E-state index is -0.202. The molecule has 0 saturated carbocycles. The van der Waals surface area contributed by atoms with E-state index in [0.29, 0.717) is 18.7 Å². The molecule has 1 aromatic heterocycles. The highest BCUT2D eigenvalue weighted by Crippen LogP contribution is 2.15. The lowest BCUT2D eigenvalue weighted by Crippen LogP contribution is -2.20. The molecule has 1 unspecified atom stereocenters. The van der Waals surface area contributed by atoms with Gasteiger partial charge in [-0.3, -0.25) is 10.1 Å². The maximum Gasteiger partial charge on any atom is 0.234 e. The number of ether oxygens (including phenoxy) is 1. The van der Waals surface area contributed by atoms with Crippen molar-refractivity contribution in [3.8, 4) is 5.88 Å². The van der Waals surface area contributed by atoms with Crippen LogP contribution in [0.3, 0.4) is 0 Å². The summed E-state index contributed by atoms with van der Waals surface area (Å²) in [5, 5.41) is 2.74. The van der Waals surface area contributed by atoms with E-state index in [4.69, 9.17) is 22.1 Å². The number of aromatic nitrogens is 2. The van der Waals surface area contributed by atoms with Gasteiger partial charge < -0.3 is 10.5 Å². The molecule has 0 bridgehead atoms. The largest absolute Gasteiger partial charge is 0.481 e. The molecule has 1 aromatic rings. The van der Waals surface area contributed by atoms with Crippen LogP contribution in [0.1, 0.15) is 19.8 Å². The quantitative estimate of drug-likeness (QED) is 0.775. The van der Waals surface area contributed by atoms with Crippen molar-refractivity contribution in [1.29, 1.82) is 0 Å². The fourth-order valence-corrected chi connectivity index (χ4v) is 1.28. The number of rotatable bonds is 5. The van der Waals surface area contributed by atoms with Gasteiger partial charge in [0, 0.05) is 18.5 Å². The summed E-state index contributed by atoms with van der Waals surface area (Å²) in [6.45, 7) is 1.84. The second-order valence-electron chi connectivity index (χ2n) is 3.62. The van der Waals surface area contributed by atoms with Gasteiger partial charge in [-0.1, -0.05) is 11.6 Å². The van der Waals surface area contributed by atoms with Crippen molar-refractivity contribution in [2.75, 3.05) is 12.4 Å². The van der Waals surface area contributed by atoms with Crippen molar-refractivity contribution in [2.45, 2.75) is 25.8 Å². The normalized spacial score (nSPS) is 12.0. The van der Waals surface area contributed by atoms with Gasteiger partial charge in [-0.2, -0.15) is 4.98 Å². The summed E-state index contributed by atoms with van der Waals surface area (Å²) in [6.07, 6.45) is 0.916. The van der Waals surface area contributed by atoms with Crippen LogP contribution in [0.5, 0.6) is 5.88 Å². The average molecular weight is 259 g/mol. The van der Waals surface area contributed by atoms with Crippen molar-refractivity contribution >= 4 is 23.5 Å². The smallest absolute Gasteiger partial charge is 0.234 e. The zero-order chi connectivity index (χ0) is 12.8. The first-order valence-electron chi connectivity index (χ1n) is 5.15. The fraction of sp³-hybridized carbons (Fsp3) is 0.500. The van der Waals surface area contributed by atoms with Gasteiger partial charge in [0.25, 0.3) is 0 Å². The van der Waals surface area contributed by atoms with E-state index in [1.165, 1.54) is 13.2 Å². The van der Waals surface area contributed by atoms with E-state index in [0.717, 1.165) is 0 Å². The molecule has 0 aliphatic heterocycles. The van der Waals surface area contributed by atoms with Crippen molar-refractivity contribution in [2.24, 2.45) is 5.73 Å². The minimum absolute atomic E-state index is 0.0180. The number of nitrogens with one attached hydrogen (secondary N) is 1. The molecular formula is C10H15ClN4O2. The SMILES string of the molecule is COc1cc(Cl)nc(NC(=O)CCC(C)N)n1. The molecule has 0 spiro atoms. The van der Waals surface area contributed by atoms with Gasteiger partial charge in [0.15, 0.2) is 0 Å². The summed E-state index contributed by atoms with van der Waals surface area (Å²) in [5.74, 6) is 0.225. The number of carbonyl (C=O) groups excluding carboxylic acids is 1. The maximum absolute atomic E-state index is 11.5. The summed E-state index contributed by atoms with van der Waals surface area (Å²) in [6, 6.07) is 1.44. The minimum Gasteiger partial charge on any atom is -0.481 e. The second-order valence-corrected chi connectivity index (χ2v) is 4.01. The third kappa shape index (κ3) is 4.97. The summed E-state index contributed by atoms with van der Waals surface area (Å²) < 4.78 is 4.91. The maximum atomic E-state index is 11.5. The summed E-state index contributed by atoms with van der Waals surface area (Å²) in [4.78, 5) is 19.3.